The predicted molar refractivity (Wildman–Crippen MR) is 115 cm³/mol. The number of hydrogen-bond acceptors (Lipinski definition) is 3. The van der Waals surface area contributed by atoms with E-state index in [-0.39, 0.29) is 11.9 Å². The first-order chi connectivity index (χ1) is 13.0. The molecule has 5 nitrogen and oxygen atoms in total. The van der Waals surface area contributed by atoms with Crippen LogP contribution < -0.4 is 9.62 Å². The molecule has 2 aromatic rings. The van der Waals surface area contributed by atoms with E-state index in [1.165, 1.54) is 5.56 Å². The standard InChI is InChI=1S/C21H27ClN2O3S/c1-6-20(17-8-7-14(2)15(3)13-17)23-21(25)16(4)24(28(5,26)27)19-11-9-18(22)10-12-19/h7-13,16,20H,6H2,1-5H3,(H,23,25). The number of rotatable bonds is 7. The van der Waals surface area contributed by atoms with Crippen molar-refractivity contribution in [1.29, 1.82) is 0 Å². The molecule has 2 atom stereocenters. The summed E-state index contributed by atoms with van der Waals surface area (Å²) in [6.07, 6.45) is 1.78. The lowest BCUT2D eigenvalue weighted by atomic mass is 9.99. The van der Waals surface area contributed by atoms with Gasteiger partial charge in [0.15, 0.2) is 0 Å². The molecule has 0 heterocycles. The van der Waals surface area contributed by atoms with Gasteiger partial charge in [0, 0.05) is 5.02 Å². The fourth-order valence-corrected chi connectivity index (χ4v) is 4.39. The Bertz CT molecular complexity index is 943. The fourth-order valence-electron chi connectivity index (χ4n) is 3.09. The Kier molecular flexibility index (Phi) is 7.12. The van der Waals surface area contributed by atoms with Gasteiger partial charge in [-0.1, -0.05) is 36.7 Å². The zero-order valence-corrected chi connectivity index (χ0v) is 18.4. The van der Waals surface area contributed by atoms with E-state index in [1.807, 2.05) is 32.9 Å². The van der Waals surface area contributed by atoms with E-state index in [2.05, 4.69) is 11.4 Å². The zero-order chi connectivity index (χ0) is 21.1. The Morgan fingerprint density at radius 2 is 1.71 bits per heavy atom. The van der Waals surface area contributed by atoms with Gasteiger partial charge in [0.25, 0.3) is 0 Å². The third kappa shape index (κ3) is 5.26. The maximum Gasteiger partial charge on any atom is 0.244 e. The molecule has 2 rings (SSSR count). The van der Waals surface area contributed by atoms with E-state index in [0.29, 0.717) is 17.1 Å². The third-order valence-corrected chi connectivity index (χ3v) is 6.32. The van der Waals surface area contributed by atoms with Gasteiger partial charge < -0.3 is 5.32 Å². The van der Waals surface area contributed by atoms with E-state index < -0.39 is 16.1 Å². The molecular formula is C21H27ClN2O3S. The molecule has 2 aromatic carbocycles. The number of nitrogens with zero attached hydrogens (tertiary/aromatic N) is 1. The van der Waals surface area contributed by atoms with Crippen LogP contribution in [0.1, 0.15) is 43.0 Å². The predicted octanol–water partition coefficient (Wildman–Crippen LogP) is 4.38. The number of carbonyl (C=O) groups is 1. The van der Waals surface area contributed by atoms with Crippen molar-refractivity contribution in [3.63, 3.8) is 0 Å². The summed E-state index contributed by atoms with van der Waals surface area (Å²) in [6, 6.07) is 11.4. The topological polar surface area (TPSA) is 66.5 Å². The number of aryl methyl sites for hydroxylation is 2. The molecule has 0 radical (unpaired) electrons. The lowest BCUT2D eigenvalue weighted by molar-refractivity contribution is -0.122. The molecule has 0 aliphatic rings. The average molecular weight is 423 g/mol. The van der Waals surface area contributed by atoms with Gasteiger partial charge in [-0.05, 0) is 68.1 Å². The number of benzene rings is 2. The maximum absolute atomic E-state index is 12.9. The summed E-state index contributed by atoms with van der Waals surface area (Å²) < 4.78 is 25.9. The Morgan fingerprint density at radius 1 is 1.11 bits per heavy atom. The van der Waals surface area contributed by atoms with Crippen LogP contribution in [0, 0.1) is 13.8 Å². The first-order valence-corrected chi connectivity index (χ1v) is 11.4. The number of nitrogens with one attached hydrogen (secondary N) is 1. The van der Waals surface area contributed by atoms with Gasteiger partial charge in [0.2, 0.25) is 15.9 Å². The average Bonchev–Trinajstić information content (AvgIpc) is 2.62. The molecule has 0 bridgehead atoms. The molecule has 0 saturated carbocycles. The van der Waals surface area contributed by atoms with Crippen LogP contribution in [0.25, 0.3) is 0 Å². The van der Waals surface area contributed by atoms with Crippen LogP contribution in [-0.4, -0.2) is 26.6 Å². The van der Waals surface area contributed by atoms with Crippen molar-refractivity contribution in [2.45, 2.75) is 46.2 Å². The molecule has 28 heavy (non-hydrogen) atoms. The third-order valence-electron chi connectivity index (χ3n) is 4.83. The number of amides is 1. The second kappa shape index (κ2) is 8.97. The van der Waals surface area contributed by atoms with Gasteiger partial charge in [0.05, 0.1) is 18.0 Å². The van der Waals surface area contributed by atoms with E-state index in [1.54, 1.807) is 31.2 Å². The van der Waals surface area contributed by atoms with Crippen LogP contribution in [-0.2, 0) is 14.8 Å². The molecule has 1 N–H and O–H groups in total. The van der Waals surface area contributed by atoms with Gasteiger partial charge in [-0.25, -0.2) is 8.42 Å². The molecule has 0 fully saturated rings. The van der Waals surface area contributed by atoms with E-state index in [0.717, 1.165) is 21.7 Å². The SMILES string of the molecule is CCC(NC(=O)C(C)N(c1ccc(Cl)cc1)S(C)(=O)=O)c1ccc(C)c(C)c1. The van der Waals surface area contributed by atoms with Crippen molar-refractivity contribution in [1.82, 2.24) is 5.32 Å². The first kappa shape index (κ1) is 22.2. The van der Waals surface area contributed by atoms with Crippen molar-refractivity contribution in [2.75, 3.05) is 10.6 Å². The normalized spacial score (nSPS) is 13.6. The number of anilines is 1. The highest BCUT2D eigenvalue weighted by Crippen LogP contribution is 2.24. The Balaban J connectivity index is 2.28. The van der Waals surface area contributed by atoms with Crippen LogP contribution in [0.2, 0.25) is 5.02 Å². The number of sulfonamides is 1. The van der Waals surface area contributed by atoms with Gasteiger partial charge in [0.1, 0.15) is 6.04 Å². The van der Waals surface area contributed by atoms with Crippen LogP contribution in [0.3, 0.4) is 0 Å². The summed E-state index contributed by atoms with van der Waals surface area (Å²) in [4.78, 5) is 12.9. The van der Waals surface area contributed by atoms with Crippen molar-refractivity contribution < 1.29 is 13.2 Å². The Hall–Kier alpha value is -2.05. The van der Waals surface area contributed by atoms with E-state index >= 15 is 0 Å². The molecule has 0 saturated heterocycles. The van der Waals surface area contributed by atoms with Crippen LogP contribution in [0.15, 0.2) is 42.5 Å². The quantitative estimate of drug-likeness (QED) is 0.720. The Morgan fingerprint density at radius 3 is 2.21 bits per heavy atom. The fraction of sp³-hybridized carbons (Fsp3) is 0.381. The summed E-state index contributed by atoms with van der Waals surface area (Å²) >= 11 is 5.90. The highest BCUT2D eigenvalue weighted by molar-refractivity contribution is 7.92. The molecule has 0 aliphatic carbocycles. The number of carbonyl (C=O) groups excluding carboxylic acids is 1. The monoisotopic (exact) mass is 422 g/mol. The molecule has 7 heteroatoms. The lowest BCUT2D eigenvalue weighted by Crippen LogP contribution is -2.48. The first-order valence-electron chi connectivity index (χ1n) is 9.17. The van der Waals surface area contributed by atoms with Crippen LogP contribution in [0.5, 0.6) is 0 Å². The van der Waals surface area contributed by atoms with Crippen molar-refractivity contribution in [3.8, 4) is 0 Å². The largest absolute Gasteiger partial charge is 0.347 e. The Labute approximate surface area is 172 Å². The molecule has 0 aromatic heterocycles. The molecular weight excluding hydrogens is 396 g/mol. The second-order valence-electron chi connectivity index (χ2n) is 7.02. The van der Waals surface area contributed by atoms with Crippen molar-refractivity contribution in [2.24, 2.45) is 0 Å². The minimum atomic E-state index is -3.67. The molecule has 2 unspecified atom stereocenters. The summed E-state index contributed by atoms with van der Waals surface area (Å²) in [5.41, 5.74) is 3.73. The number of hydrogen-bond donors (Lipinski definition) is 1. The molecule has 0 spiro atoms. The van der Waals surface area contributed by atoms with Crippen molar-refractivity contribution in [3.05, 3.63) is 64.2 Å². The zero-order valence-electron chi connectivity index (χ0n) is 16.9. The van der Waals surface area contributed by atoms with Gasteiger partial charge >= 0.3 is 0 Å². The van der Waals surface area contributed by atoms with Gasteiger partial charge in [-0.15, -0.1) is 0 Å². The second-order valence-corrected chi connectivity index (χ2v) is 9.32. The summed E-state index contributed by atoms with van der Waals surface area (Å²) in [6.45, 7) is 7.63. The highest BCUT2D eigenvalue weighted by Gasteiger charge is 2.30. The minimum Gasteiger partial charge on any atom is -0.347 e. The molecule has 0 aliphatic heterocycles. The van der Waals surface area contributed by atoms with Crippen LogP contribution >= 0.6 is 11.6 Å². The smallest absolute Gasteiger partial charge is 0.244 e. The summed E-state index contributed by atoms with van der Waals surface area (Å²) in [7, 11) is -3.67. The summed E-state index contributed by atoms with van der Waals surface area (Å²) in [5, 5.41) is 3.49. The van der Waals surface area contributed by atoms with E-state index in [9.17, 15) is 13.2 Å². The minimum absolute atomic E-state index is 0.194. The maximum atomic E-state index is 12.9. The lowest BCUT2D eigenvalue weighted by Gasteiger charge is -2.30. The van der Waals surface area contributed by atoms with E-state index in [4.69, 9.17) is 11.6 Å². The van der Waals surface area contributed by atoms with Crippen LogP contribution in [0.4, 0.5) is 5.69 Å². The van der Waals surface area contributed by atoms with Gasteiger partial charge in [-0.3, -0.25) is 9.10 Å². The number of halogens is 1. The van der Waals surface area contributed by atoms with Gasteiger partial charge in [-0.2, -0.15) is 0 Å². The molecule has 1 amide bonds. The molecule has 152 valence electrons. The highest BCUT2D eigenvalue weighted by atomic mass is 35.5. The summed E-state index contributed by atoms with van der Waals surface area (Å²) in [5.74, 6) is -0.356. The van der Waals surface area contributed by atoms with Crippen molar-refractivity contribution >= 4 is 33.2 Å².